The van der Waals surface area contributed by atoms with Crippen LogP contribution in [-0.4, -0.2) is 15.0 Å². The summed E-state index contributed by atoms with van der Waals surface area (Å²) >= 11 is 0. The van der Waals surface area contributed by atoms with E-state index in [1.807, 2.05) is 0 Å². The smallest absolute Gasteiger partial charge is 0.164 e. The van der Waals surface area contributed by atoms with E-state index in [0.717, 1.165) is 38.9 Å². The van der Waals surface area contributed by atoms with Crippen LogP contribution >= 0.6 is 0 Å². The van der Waals surface area contributed by atoms with Gasteiger partial charge in [0.25, 0.3) is 0 Å². The molecule has 268 valence electrons. The van der Waals surface area contributed by atoms with Crippen molar-refractivity contribution < 1.29 is 0 Å². The minimum absolute atomic E-state index is 0.155. The van der Waals surface area contributed by atoms with Gasteiger partial charge in [0.2, 0.25) is 0 Å². The van der Waals surface area contributed by atoms with Crippen molar-refractivity contribution in [2.75, 3.05) is 0 Å². The maximum atomic E-state index is 5.40. The molecular weight excluding hydrogens is 691 g/mol. The zero-order valence-electron chi connectivity index (χ0n) is 31.7. The molecule has 1 aromatic heterocycles. The summed E-state index contributed by atoms with van der Waals surface area (Å²) in [6, 6.07) is 67.3. The van der Waals surface area contributed by atoms with Gasteiger partial charge in [-0.25, -0.2) is 15.0 Å². The van der Waals surface area contributed by atoms with Gasteiger partial charge in [0.15, 0.2) is 17.5 Å². The van der Waals surface area contributed by atoms with Gasteiger partial charge >= 0.3 is 0 Å². The molecule has 0 saturated carbocycles. The molecule has 0 spiro atoms. The third kappa shape index (κ3) is 5.38. The average Bonchev–Trinajstić information content (AvgIpc) is 3.52. The summed E-state index contributed by atoms with van der Waals surface area (Å²) in [5.41, 5.74) is 12.3. The lowest BCUT2D eigenvalue weighted by atomic mass is 9.82. The molecule has 11 rings (SSSR count). The highest BCUT2D eigenvalue weighted by Gasteiger charge is 2.37. The SMILES string of the molecule is CC1(C)c2ccccc2-c2c(-c3nc(-c4cc(-c5ccccc5)cc(-c5ccccc5)c4)nc(-c4ccc5c6ccccc6c6ccccc6c5c4)n3)cccc21. The molecule has 0 N–H and O–H groups in total. The van der Waals surface area contributed by atoms with Crippen molar-refractivity contribution >= 4 is 32.3 Å². The van der Waals surface area contributed by atoms with E-state index in [-0.39, 0.29) is 5.41 Å². The van der Waals surface area contributed by atoms with Crippen LogP contribution in [0.4, 0.5) is 0 Å². The van der Waals surface area contributed by atoms with Crippen LogP contribution in [0.25, 0.3) is 99.9 Å². The fourth-order valence-electron chi connectivity index (χ4n) is 9.09. The third-order valence-electron chi connectivity index (χ3n) is 11.9. The molecular formula is C54H37N3. The molecule has 0 radical (unpaired) electrons. The Morgan fingerprint density at radius 3 is 1.39 bits per heavy atom. The maximum absolute atomic E-state index is 5.40. The van der Waals surface area contributed by atoms with Gasteiger partial charge in [0.1, 0.15) is 0 Å². The second-order valence-electron chi connectivity index (χ2n) is 15.6. The van der Waals surface area contributed by atoms with E-state index in [2.05, 4.69) is 202 Å². The first-order chi connectivity index (χ1) is 28.0. The van der Waals surface area contributed by atoms with Gasteiger partial charge < -0.3 is 0 Å². The van der Waals surface area contributed by atoms with Crippen LogP contribution in [-0.2, 0) is 5.41 Å². The first-order valence-electron chi connectivity index (χ1n) is 19.6. The number of nitrogens with zero attached hydrogens (tertiary/aromatic N) is 3. The van der Waals surface area contributed by atoms with Gasteiger partial charge in [0, 0.05) is 22.1 Å². The lowest BCUT2D eigenvalue weighted by molar-refractivity contribution is 0.660. The molecule has 0 fully saturated rings. The fraction of sp³-hybridized carbons (Fsp3) is 0.0556. The number of benzene rings is 9. The molecule has 0 unspecified atom stereocenters. The van der Waals surface area contributed by atoms with Crippen LogP contribution in [0.5, 0.6) is 0 Å². The first-order valence-corrected chi connectivity index (χ1v) is 19.6. The van der Waals surface area contributed by atoms with Crippen LogP contribution in [0.1, 0.15) is 25.0 Å². The molecule has 1 heterocycles. The molecule has 3 nitrogen and oxygen atoms in total. The molecule has 3 heteroatoms. The second kappa shape index (κ2) is 12.9. The lowest BCUT2D eigenvalue weighted by Crippen LogP contribution is -2.14. The molecule has 0 aliphatic heterocycles. The summed E-state index contributed by atoms with van der Waals surface area (Å²) < 4.78 is 0. The molecule has 1 aliphatic rings. The summed E-state index contributed by atoms with van der Waals surface area (Å²) in [6.45, 7) is 4.63. The first kappa shape index (κ1) is 33.1. The third-order valence-corrected chi connectivity index (χ3v) is 11.9. The van der Waals surface area contributed by atoms with Gasteiger partial charge in [0.05, 0.1) is 0 Å². The summed E-state index contributed by atoms with van der Waals surface area (Å²) in [5, 5.41) is 7.34. The Labute approximate surface area is 332 Å². The zero-order chi connectivity index (χ0) is 38.1. The van der Waals surface area contributed by atoms with E-state index in [1.54, 1.807) is 0 Å². The van der Waals surface area contributed by atoms with Crippen molar-refractivity contribution in [2.24, 2.45) is 0 Å². The topological polar surface area (TPSA) is 38.7 Å². The maximum Gasteiger partial charge on any atom is 0.164 e. The predicted octanol–water partition coefficient (Wildman–Crippen LogP) is 14.0. The summed E-state index contributed by atoms with van der Waals surface area (Å²) in [7, 11) is 0. The summed E-state index contributed by atoms with van der Waals surface area (Å²) in [5.74, 6) is 1.94. The number of aromatic nitrogens is 3. The molecule has 9 aromatic carbocycles. The van der Waals surface area contributed by atoms with Crippen molar-refractivity contribution in [3.05, 3.63) is 199 Å². The van der Waals surface area contributed by atoms with Gasteiger partial charge in [-0.1, -0.05) is 178 Å². The Bertz CT molecular complexity index is 3110. The quantitative estimate of drug-likeness (QED) is 0.166. The highest BCUT2D eigenvalue weighted by molar-refractivity contribution is 6.25. The number of hydrogen-bond donors (Lipinski definition) is 0. The van der Waals surface area contributed by atoms with Crippen molar-refractivity contribution in [2.45, 2.75) is 19.3 Å². The van der Waals surface area contributed by atoms with E-state index in [4.69, 9.17) is 15.0 Å². The number of rotatable bonds is 5. The zero-order valence-corrected chi connectivity index (χ0v) is 31.7. The highest BCUT2D eigenvalue weighted by atomic mass is 15.0. The van der Waals surface area contributed by atoms with Crippen molar-refractivity contribution in [3.63, 3.8) is 0 Å². The van der Waals surface area contributed by atoms with Gasteiger partial charge in [-0.15, -0.1) is 0 Å². The van der Waals surface area contributed by atoms with Gasteiger partial charge in [-0.2, -0.15) is 0 Å². The average molecular weight is 728 g/mol. The second-order valence-corrected chi connectivity index (χ2v) is 15.6. The normalized spacial score (nSPS) is 12.9. The minimum Gasteiger partial charge on any atom is -0.208 e. The van der Waals surface area contributed by atoms with E-state index in [9.17, 15) is 0 Å². The van der Waals surface area contributed by atoms with Crippen LogP contribution in [0.2, 0.25) is 0 Å². The monoisotopic (exact) mass is 727 g/mol. The van der Waals surface area contributed by atoms with E-state index < -0.39 is 0 Å². The Hall–Kier alpha value is -7.23. The molecule has 57 heavy (non-hydrogen) atoms. The lowest BCUT2D eigenvalue weighted by Gasteiger charge is -2.21. The number of fused-ring (bicyclic) bond motifs is 9. The molecule has 10 aromatic rings. The van der Waals surface area contributed by atoms with E-state index in [1.165, 1.54) is 54.6 Å². The minimum atomic E-state index is -0.155. The Kier molecular flexibility index (Phi) is 7.52. The van der Waals surface area contributed by atoms with Gasteiger partial charge in [-0.05, 0) is 101 Å². The molecule has 1 aliphatic carbocycles. The van der Waals surface area contributed by atoms with Crippen molar-refractivity contribution in [1.29, 1.82) is 0 Å². The van der Waals surface area contributed by atoms with E-state index in [0.29, 0.717) is 17.5 Å². The van der Waals surface area contributed by atoms with Crippen LogP contribution in [0, 0.1) is 0 Å². The Morgan fingerprint density at radius 1 is 0.298 bits per heavy atom. The number of hydrogen-bond acceptors (Lipinski definition) is 3. The molecule has 0 atom stereocenters. The van der Waals surface area contributed by atoms with Crippen molar-refractivity contribution in [3.8, 4) is 67.5 Å². The summed E-state index contributed by atoms with van der Waals surface area (Å²) in [4.78, 5) is 16.1. The van der Waals surface area contributed by atoms with Crippen LogP contribution < -0.4 is 0 Å². The molecule has 0 amide bonds. The van der Waals surface area contributed by atoms with Gasteiger partial charge in [-0.3, -0.25) is 0 Å². The fourth-order valence-corrected chi connectivity index (χ4v) is 9.09. The van der Waals surface area contributed by atoms with E-state index >= 15 is 0 Å². The van der Waals surface area contributed by atoms with Crippen LogP contribution in [0.3, 0.4) is 0 Å². The standard InChI is InChI=1S/C54H37N3/c1-54(2)48-26-14-13-24-45(48)50-46(25-15-27-49(50)54)53-56-51(36-28-29-44-42-22-10-9-20-40(42)41-21-11-12-23-43(41)47(44)33-36)55-52(57-53)39-31-37(34-16-5-3-6-17-34)30-38(32-39)35-18-7-4-8-19-35/h3-33H,1-2H3. The van der Waals surface area contributed by atoms with Crippen molar-refractivity contribution in [1.82, 2.24) is 15.0 Å². The largest absolute Gasteiger partial charge is 0.208 e. The Morgan fingerprint density at radius 2 is 0.754 bits per heavy atom. The molecule has 0 saturated heterocycles. The summed E-state index contributed by atoms with van der Waals surface area (Å²) in [6.07, 6.45) is 0. The Balaban J connectivity index is 1.19. The highest BCUT2D eigenvalue weighted by Crippen LogP contribution is 2.52. The molecule has 0 bridgehead atoms. The predicted molar refractivity (Wildman–Crippen MR) is 237 cm³/mol. The van der Waals surface area contributed by atoms with Crippen LogP contribution in [0.15, 0.2) is 188 Å².